The molecule has 0 bridgehead atoms. The van der Waals surface area contributed by atoms with Crippen LogP contribution in [0.25, 0.3) is 0 Å². The topological polar surface area (TPSA) is 92.9 Å². The molecule has 0 aliphatic heterocycles. The maximum atomic E-state index is 12.9. The zero-order valence-corrected chi connectivity index (χ0v) is 15.1. The van der Waals surface area contributed by atoms with Gasteiger partial charge in [-0.3, -0.25) is 4.79 Å². The molecule has 1 aromatic heterocycles. The lowest BCUT2D eigenvalue weighted by atomic mass is 9.78. The minimum atomic E-state index is -0.355. The Balaban J connectivity index is 1.32. The number of nitrogens with one attached hydrogen (secondary N) is 2. The second-order valence-corrected chi connectivity index (χ2v) is 7.43. The van der Waals surface area contributed by atoms with E-state index in [2.05, 4.69) is 15.6 Å². The van der Waals surface area contributed by atoms with Gasteiger partial charge in [0, 0.05) is 48.3 Å². The van der Waals surface area contributed by atoms with Crippen molar-refractivity contribution < 1.29 is 9.18 Å². The molecule has 6 nitrogen and oxygen atoms in total. The predicted octanol–water partition coefficient (Wildman–Crippen LogP) is 2.54. The SMILES string of the molecule is NC1CC(c2cc(NCCNC(=O)c3ccc(F)cc3)nc(C3CC3)n2)C1. The summed E-state index contributed by atoms with van der Waals surface area (Å²) in [7, 11) is 0. The summed E-state index contributed by atoms with van der Waals surface area (Å²) in [6, 6.07) is 7.79. The quantitative estimate of drug-likeness (QED) is 0.652. The minimum Gasteiger partial charge on any atom is -0.368 e. The Hall–Kier alpha value is -2.54. The summed E-state index contributed by atoms with van der Waals surface area (Å²) in [5, 5.41) is 6.10. The molecule has 27 heavy (non-hydrogen) atoms. The van der Waals surface area contributed by atoms with Gasteiger partial charge in [-0.1, -0.05) is 0 Å². The molecule has 2 aliphatic carbocycles. The van der Waals surface area contributed by atoms with E-state index in [1.165, 1.54) is 24.3 Å². The summed E-state index contributed by atoms with van der Waals surface area (Å²) >= 11 is 0. The van der Waals surface area contributed by atoms with Gasteiger partial charge < -0.3 is 16.4 Å². The highest BCUT2D eigenvalue weighted by atomic mass is 19.1. The Morgan fingerprint density at radius 3 is 2.52 bits per heavy atom. The summed E-state index contributed by atoms with van der Waals surface area (Å²) in [5.41, 5.74) is 7.44. The van der Waals surface area contributed by atoms with Crippen LogP contribution in [0, 0.1) is 5.82 Å². The van der Waals surface area contributed by atoms with Crippen molar-refractivity contribution in [2.45, 2.75) is 43.6 Å². The zero-order valence-electron chi connectivity index (χ0n) is 15.1. The molecule has 0 spiro atoms. The van der Waals surface area contributed by atoms with E-state index in [1.54, 1.807) is 0 Å². The molecule has 2 aliphatic rings. The Morgan fingerprint density at radius 2 is 1.85 bits per heavy atom. The van der Waals surface area contributed by atoms with Crippen LogP contribution in [0.3, 0.4) is 0 Å². The number of nitrogens with two attached hydrogens (primary N) is 1. The molecule has 0 radical (unpaired) electrons. The van der Waals surface area contributed by atoms with E-state index in [0.717, 1.165) is 43.0 Å². The molecular formula is C20H24FN5O. The summed E-state index contributed by atoms with van der Waals surface area (Å²) in [6.07, 6.45) is 4.27. The summed E-state index contributed by atoms with van der Waals surface area (Å²) in [5.74, 6) is 2.06. The van der Waals surface area contributed by atoms with Crippen LogP contribution in [-0.2, 0) is 0 Å². The number of nitrogens with zero attached hydrogens (tertiary/aromatic N) is 2. The number of benzene rings is 1. The van der Waals surface area contributed by atoms with E-state index in [4.69, 9.17) is 10.7 Å². The van der Waals surface area contributed by atoms with Crippen LogP contribution in [-0.4, -0.2) is 35.0 Å². The highest BCUT2D eigenvalue weighted by Crippen LogP contribution is 2.41. The van der Waals surface area contributed by atoms with Gasteiger partial charge in [-0.05, 0) is 49.9 Å². The van der Waals surface area contributed by atoms with Gasteiger partial charge in [0.2, 0.25) is 0 Å². The Morgan fingerprint density at radius 1 is 1.11 bits per heavy atom. The molecule has 0 unspecified atom stereocenters. The Bertz CT molecular complexity index is 816. The van der Waals surface area contributed by atoms with Gasteiger partial charge in [0.25, 0.3) is 5.91 Å². The molecule has 2 saturated carbocycles. The average molecular weight is 369 g/mol. The van der Waals surface area contributed by atoms with Gasteiger partial charge >= 0.3 is 0 Å². The average Bonchev–Trinajstić information content (AvgIpc) is 3.48. The molecule has 4 rings (SSSR count). The van der Waals surface area contributed by atoms with E-state index in [0.29, 0.717) is 30.5 Å². The van der Waals surface area contributed by atoms with Crippen LogP contribution in [0.1, 0.15) is 59.4 Å². The standard InChI is InChI=1S/C20H24FN5O/c21-15-5-3-13(4-6-15)20(27)24-8-7-23-18-11-17(14-9-16(22)10-14)25-19(26-18)12-1-2-12/h3-6,11-12,14,16H,1-2,7-10,22H2,(H,24,27)(H,23,25,26). The van der Waals surface area contributed by atoms with E-state index in [9.17, 15) is 9.18 Å². The van der Waals surface area contributed by atoms with Crippen molar-refractivity contribution in [1.29, 1.82) is 0 Å². The first-order valence-electron chi connectivity index (χ1n) is 9.50. The highest BCUT2D eigenvalue weighted by molar-refractivity contribution is 5.94. The first kappa shape index (κ1) is 17.9. The van der Waals surface area contributed by atoms with Crippen molar-refractivity contribution in [2.24, 2.45) is 5.73 Å². The van der Waals surface area contributed by atoms with Gasteiger partial charge in [0.15, 0.2) is 0 Å². The Kier molecular flexibility index (Phi) is 5.03. The molecule has 4 N–H and O–H groups in total. The van der Waals surface area contributed by atoms with E-state index < -0.39 is 0 Å². The van der Waals surface area contributed by atoms with E-state index in [1.807, 2.05) is 6.07 Å². The monoisotopic (exact) mass is 369 g/mol. The first-order valence-corrected chi connectivity index (χ1v) is 9.50. The predicted molar refractivity (Wildman–Crippen MR) is 101 cm³/mol. The third-order valence-electron chi connectivity index (χ3n) is 5.12. The number of carbonyl (C=O) groups excluding carboxylic acids is 1. The lowest BCUT2D eigenvalue weighted by Crippen LogP contribution is -2.35. The number of aromatic nitrogens is 2. The molecule has 142 valence electrons. The summed E-state index contributed by atoms with van der Waals surface area (Å²) < 4.78 is 12.9. The van der Waals surface area contributed by atoms with Crippen LogP contribution < -0.4 is 16.4 Å². The number of halogens is 1. The van der Waals surface area contributed by atoms with Crippen molar-refractivity contribution in [2.75, 3.05) is 18.4 Å². The molecule has 2 aromatic rings. The van der Waals surface area contributed by atoms with E-state index in [-0.39, 0.29) is 17.8 Å². The molecular weight excluding hydrogens is 345 g/mol. The van der Waals surface area contributed by atoms with Crippen molar-refractivity contribution >= 4 is 11.7 Å². The summed E-state index contributed by atoms with van der Waals surface area (Å²) in [6.45, 7) is 1.00. The fraction of sp³-hybridized carbons (Fsp3) is 0.450. The van der Waals surface area contributed by atoms with Gasteiger partial charge in [0.05, 0.1) is 0 Å². The smallest absolute Gasteiger partial charge is 0.251 e. The molecule has 1 heterocycles. The number of hydrogen-bond acceptors (Lipinski definition) is 5. The van der Waals surface area contributed by atoms with Gasteiger partial charge in [-0.25, -0.2) is 14.4 Å². The van der Waals surface area contributed by atoms with Crippen molar-refractivity contribution in [1.82, 2.24) is 15.3 Å². The van der Waals surface area contributed by atoms with Crippen LogP contribution in [0.2, 0.25) is 0 Å². The van der Waals surface area contributed by atoms with Crippen LogP contribution >= 0.6 is 0 Å². The van der Waals surface area contributed by atoms with Crippen molar-refractivity contribution in [3.63, 3.8) is 0 Å². The number of anilines is 1. The van der Waals surface area contributed by atoms with Gasteiger partial charge in [0.1, 0.15) is 17.5 Å². The minimum absolute atomic E-state index is 0.220. The second kappa shape index (κ2) is 7.60. The lowest BCUT2D eigenvalue weighted by molar-refractivity contribution is 0.0955. The Labute approximate surface area is 157 Å². The first-order chi connectivity index (χ1) is 13.1. The van der Waals surface area contributed by atoms with Crippen molar-refractivity contribution in [3.8, 4) is 0 Å². The fourth-order valence-electron chi connectivity index (χ4n) is 3.28. The number of hydrogen-bond donors (Lipinski definition) is 3. The lowest BCUT2D eigenvalue weighted by Gasteiger charge is -2.32. The normalized spacial score (nSPS) is 21.4. The molecule has 1 amide bonds. The maximum Gasteiger partial charge on any atom is 0.251 e. The third-order valence-corrected chi connectivity index (χ3v) is 5.12. The molecule has 0 saturated heterocycles. The molecule has 2 fully saturated rings. The van der Waals surface area contributed by atoms with Gasteiger partial charge in [-0.2, -0.15) is 0 Å². The molecule has 7 heteroatoms. The highest BCUT2D eigenvalue weighted by Gasteiger charge is 2.32. The van der Waals surface area contributed by atoms with Crippen LogP contribution in [0.15, 0.2) is 30.3 Å². The number of carbonyl (C=O) groups is 1. The maximum absolute atomic E-state index is 12.9. The fourth-order valence-corrected chi connectivity index (χ4v) is 3.28. The van der Waals surface area contributed by atoms with Gasteiger partial charge in [-0.15, -0.1) is 0 Å². The van der Waals surface area contributed by atoms with Crippen LogP contribution in [0.5, 0.6) is 0 Å². The van der Waals surface area contributed by atoms with E-state index >= 15 is 0 Å². The summed E-state index contributed by atoms with van der Waals surface area (Å²) in [4.78, 5) is 21.4. The molecule has 1 aromatic carbocycles. The van der Waals surface area contributed by atoms with Crippen molar-refractivity contribution in [3.05, 3.63) is 53.2 Å². The third kappa shape index (κ3) is 4.42. The molecule has 0 atom stereocenters. The number of rotatable bonds is 7. The zero-order chi connectivity index (χ0) is 18.8. The second-order valence-electron chi connectivity index (χ2n) is 7.43. The number of amides is 1. The van der Waals surface area contributed by atoms with Crippen LogP contribution in [0.4, 0.5) is 10.2 Å². The largest absolute Gasteiger partial charge is 0.368 e.